The molecular weight excluding hydrogens is 289 g/mol. The summed E-state index contributed by atoms with van der Waals surface area (Å²) in [4.78, 5) is 4.26. The first-order chi connectivity index (χ1) is 6.72. The first-order valence-electron chi connectivity index (χ1n) is 4.06. The van der Waals surface area contributed by atoms with E-state index >= 15 is 0 Å². The predicted molar refractivity (Wildman–Crippen MR) is 60.4 cm³/mol. The molecule has 0 saturated carbocycles. The molecule has 0 radical (unpaired) electrons. The lowest BCUT2D eigenvalue weighted by Crippen LogP contribution is -2.32. The van der Waals surface area contributed by atoms with Crippen molar-refractivity contribution < 1.29 is 4.57 Å². The highest BCUT2D eigenvalue weighted by molar-refractivity contribution is 14.1. The van der Waals surface area contributed by atoms with Crippen LogP contribution in [0.25, 0.3) is 10.9 Å². The Morgan fingerprint density at radius 2 is 2.29 bits per heavy atom. The molecule has 14 heavy (non-hydrogen) atoms. The number of aromatic nitrogens is 2. The third-order valence-corrected chi connectivity index (χ3v) is 3.37. The number of benzene rings is 1. The molecule has 0 spiro atoms. The van der Waals surface area contributed by atoms with E-state index in [1.54, 1.807) is 12.4 Å². The van der Waals surface area contributed by atoms with Crippen molar-refractivity contribution in [3.05, 3.63) is 33.8 Å². The minimum atomic E-state index is 0.648. The van der Waals surface area contributed by atoms with E-state index < -0.39 is 0 Å². The SMILES string of the molecule is C[n+]1cnc2cc(C#N)ccc2c1I. The van der Waals surface area contributed by atoms with Crippen LogP contribution in [-0.4, -0.2) is 4.98 Å². The normalized spacial score (nSPS) is 10.1. The Morgan fingerprint density at radius 3 is 3.00 bits per heavy atom. The van der Waals surface area contributed by atoms with Crippen LogP contribution < -0.4 is 4.57 Å². The molecule has 2 aromatic rings. The van der Waals surface area contributed by atoms with Crippen LogP contribution in [0.3, 0.4) is 0 Å². The van der Waals surface area contributed by atoms with Gasteiger partial charge in [-0.05, 0) is 17.1 Å². The monoisotopic (exact) mass is 296 g/mol. The third-order valence-electron chi connectivity index (χ3n) is 2.03. The van der Waals surface area contributed by atoms with Crippen molar-refractivity contribution in [1.82, 2.24) is 4.98 Å². The van der Waals surface area contributed by atoms with E-state index in [0.29, 0.717) is 5.56 Å². The quantitative estimate of drug-likeness (QED) is 0.420. The Bertz CT molecular complexity index is 543. The molecule has 1 aromatic heterocycles. The van der Waals surface area contributed by atoms with Crippen molar-refractivity contribution in [3.63, 3.8) is 0 Å². The molecule has 0 aliphatic heterocycles. The Hall–Kier alpha value is -1.22. The molecular formula is C10H7IN3+. The van der Waals surface area contributed by atoms with Crippen molar-refractivity contribution in [2.24, 2.45) is 7.05 Å². The minimum absolute atomic E-state index is 0.648. The molecule has 0 bridgehead atoms. The Kier molecular flexibility index (Phi) is 2.33. The van der Waals surface area contributed by atoms with Crippen LogP contribution >= 0.6 is 22.6 Å². The maximum atomic E-state index is 8.74. The van der Waals surface area contributed by atoms with Gasteiger partial charge in [0.1, 0.15) is 0 Å². The number of nitriles is 1. The molecule has 4 heteroatoms. The highest BCUT2D eigenvalue weighted by Gasteiger charge is 2.09. The number of hydrogen-bond acceptors (Lipinski definition) is 2. The minimum Gasteiger partial charge on any atom is -0.227 e. The number of halogens is 1. The van der Waals surface area contributed by atoms with Gasteiger partial charge in [0, 0.05) is 28.7 Å². The third kappa shape index (κ3) is 1.44. The number of rotatable bonds is 0. The van der Waals surface area contributed by atoms with Crippen LogP contribution in [-0.2, 0) is 7.05 Å². The largest absolute Gasteiger partial charge is 0.287 e. The fraction of sp³-hybridized carbons (Fsp3) is 0.100. The maximum Gasteiger partial charge on any atom is 0.287 e. The van der Waals surface area contributed by atoms with Gasteiger partial charge in [0.05, 0.1) is 24.1 Å². The Morgan fingerprint density at radius 1 is 1.50 bits per heavy atom. The van der Waals surface area contributed by atoms with E-state index in [0.717, 1.165) is 14.6 Å². The Balaban J connectivity index is 2.83. The summed E-state index contributed by atoms with van der Waals surface area (Å²) < 4.78 is 3.08. The summed E-state index contributed by atoms with van der Waals surface area (Å²) in [7, 11) is 1.95. The van der Waals surface area contributed by atoms with Crippen LogP contribution in [0.4, 0.5) is 0 Å². The first-order valence-corrected chi connectivity index (χ1v) is 5.14. The van der Waals surface area contributed by atoms with Crippen molar-refractivity contribution >= 4 is 33.5 Å². The lowest BCUT2D eigenvalue weighted by atomic mass is 10.2. The predicted octanol–water partition coefficient (Wildman–Crippen LogP) is 1.54. The number of fused-ring (bicyclic) bond motifs is 1. The molecule has 0 fully saturated rings. The van der Waals surface area contributed by atoms with Gasteiger partial charge in [-0.15, -0.1) is 0 Å². The second-order valence-corrected chi connectivity index (χ2v) is 4.01. The fourth-order valence-electron chi connectivity index (χ4n) is 1.27. The molecule has 0 N–H and O–H groups in total. The van der Waals surface area contributed by atoms with Crippen molar-refractivity contribution in [2.45, 2.75) is 0 Å². The molecule has 0 saturated heterocycles. The van der Waals surface area contributed by atoms with E-state index in [-0.39, 0.29) is 0 Å². The number of hydrogen-bond donors (Lipinski definition) is 0. The zero-order chi connectivity index (χ0) is 10.1. The van der Waals surface area contributed by atoms with Crippen molar-refractivity contribution in [1.29, 1.82) is 5.26 Å². The van der Waals surface area contributed by atoms with Crippen LogP contribution in [0, 0.1) is 15.0 Å². The zero-order valence-electron chi connectivity index (χ0n) is 7.53. The van der Waals surface area contributed by atoms with Gasteiger partial charge < -0.3 is 0 Å². The lowest BCUT2D eigenvalue weighted by molar-refractivity contribution is -0.685. The van der Waals surface area contributed by atoms with Gasteiger partial charge in [0.15, 0.2) is 9.22 Å². The second kappa shape index (κ2) is 3.50. The average molecular weight is 296 g/mol. The molecule has 0 aliphatic carbocycles. The molecule has 1 heterocycles. The molecule has 3 nitrogen and oxygen atoms in total. The van der Waals surface area contributed by atoms with Gasteiger partial charge in [-0.25, -0.2) is 4.57 Å². The van der Waals surface area contributed by atoms with Crippen LogP contribution in [0.2, 0.25) is 0 Å². The molecule has 0 unspecified atom stereocenters. The summed E-state index contributed by atoms with van der Waals surface area (Å²) in [5.41, 5.74) is 1.52. The van der Waals surface area contributed by atoms with Crippen LogP contribution in [0.5, 0.6) is 0 Å². The van der Waals surface area contributed by atoms with Gasteiger partial charge in [0.25, 0.3) is 6.33 Å². The molecule has 2 rings (SSSR count). The Labute approximate surface area is 95.1 Å². The van der Waals surface area contributed by atoms with Gasteiger partial charge >= 0.3 is 0 Å². The zero-order valence-corrected chi connectivity index (χ0v) is 9.69. The maximum absolute atomic E-state index is 8.74. The van der Waals surface area contributed by atoms with E-state index in [4.69, 9.17) is 5.26 Å². The van der Waals surface area contributed by atoms with Crippen molar-refractivity contribution in [3.8, 4) is 6.07 Å². The van der Waals surface area contributed by atoms with E-state index in [1.807, 2.05) is 23.7 Å². The summed E-state index contributed by atoms with van der Waals surface area (Å²) in [5, 5.41) is 9.81. The second-order valence-electron chi connectivity index (χ2n) is 2.99. The van der Waals surface area contributed by atoms with Gasteiger partial charge in [-0.2, -0.15) is 5.26 Å². The molecule has 0 atom stereocenters. The smallest absolute Gasteiger partial charge is 0.227 e. The first kappa shape index (κ1) is 9.34. The summed E-state index contributed by atoms with van der Waals surface area (Å²) in [5.74, 6) is 0. The highest BCUT2D eigenvalue weighted by atomic mass is 127. The summed E-state index contributed by atoms with van der Waals surface area (Å²) in [6, 6.07) is 7.65. The average Bonchev–Trinajstić information content (AvgIpc) is 2.23. The van der Waals surface area contributed by atoms with E-state index in [2.05, 4.69) is 33.6 Å². The summed E-state index contributed by atoms with van der Waals surface area (Å²) in [6.07, 6.45) is 1.76. The van der Waals surface area contributed by atoms with Gasteiger partial charge in [-0.3, -0.25) is 0 Å². The van der Waals surface area contributed by atoms with Gasteiger partial charge in [0.2, 0.25) is 0 Å². The van der Waals surface area contributed by atoms with Crippen LogP contribution in [0.1, 0.15) is 5.56 Å². The fourth-order valence-corrected chi connectivity index (χ4v) is 1.85. The summed E-state index contributed by atoms with van der Waals surface area (Å²) >= 11 is 2.27. The molecule has 1 aromatic carbocycles. The van der Waals surface area contributed by atoms with E-state index in [9.17, 15) is 0 Å². The summed E-state index contributed by atoms with van der Waals surface area (Å²) in [6.45, 7) is 0. The van der Waals surface area contributed by atoms with Crippen LogP contribution in [0.15, 0.2) is 24.5 Å². The van der Waals surface area contributed by atoms with E-state index in [1.165, 1.54) is 0 Å². The topological polar surface area (TPSA) is 40.6 Å². The molecule has 0 amide bonds. The van der Waals surface area contributed by atoms with Gasteiger partial charge in [-0.1, -0.05) is 0 Å². The lowest BCUT2D eigenvalue weighted by Gasteiger charge is -1.97. The molecule has 0 aliphatic rings. The standard InChI is InChI=1S/C10H7IN3/c1-14-6-13-9-4-7(5-12)2-3-8(9)10(14)11/h2-4,6H,1H3/q+1. The highest BCUT2D eigenvalue weighted by Crippen LogP contribution is 2.16. The van der Waals surface area contributed by atoms with Crippen molar-refractivity contribution in [2.75, 3.05) is 0 Å². The number of aryl methyl sites for hydroxylation is 1. The number of nitrogens with zero attached hydrogens (tertiary/aromatic N) is 3. The molecule has 68 valence electrons.